The van der Waals surface area contributed by atoms with Crippen LogP contribution in [0.4, 0.5) is 8.78 Å². The first-order valence-electron chi connectivity index (χ1n) is 13.0. The molecular formula is C34H28Cl2F2O4. The number of carbonyl (C=O) groups is 2. The van der Waals surface area contributed by atoms with E-state index in [1.807, 2.05) is 36.4 Å². The zero-order valence-electron chi connectivity index (χ0n) is 22.5. The van der Waals surface area contributed by atoms with E-state index in [2.05, 4.69) is 0 Å². The van der Waals surface area contributed by atoms with Crippen molar-refractivity contribution in [3.05, 3.63) is 153 Å². The van der Waals surface area contributed by atoms with Gasteiger partial charge in [-0.25, -0.2) is 13.6 Å². The van der Waals surface area contributed by atoms with E-state index in [4.69, 9.17) is 33.0 Å². The molecule has 0 aliphatic rings. The number of carboxylic acids is 1. The van der Waals surface area contributed by atoms with Crippen LogP contribution in [0.25, 0.3) is 11.1 Å². The number of carboxylic acid groups (broad SMARTS) is 1. The number of benzene rings is 4. The molecule has 0 aliphatic heterocycles. The molecule has 0 radical (unpaired) electrons. The number of allylic oxidation sites excluding steroid dienone is 2. The summed E-state index contributed by atoms with van der Waals surface area (Å²) in [6.07, 6.45) is 5.02. The molecule has 0 saturated heterocycles. The van der Waals surface area contributed by atoms with E-state index in [1.54, 1.807) is 36.4 Å². The monoisotopic (exact) mass is 608 g/mol. The highest BCUT2D eigenvalue weighted by atomic mass is 35.5. The van der Waals surface area contributed by atoms with Gasteiger partial charge in [0.2, 0.25) is 0 Å². The van der Waals surface area contributed by atoms with Gasteiger partial charge in [0, 0.05) is 16.1 Å². The summed E-state index contributed by atoms with van der Waals surface area (Å²) in [7, 11) is 0. The number of carbonyl (C=O) groups excluding carboxylic acids is 1. The molecule has 1 N–H and O–H groups in total. The lowest BCUT2D eigenvalue weighted by Gasteiger charge is -2.08. The fraction of sp³-hybridized carbons (Fsp3) is 0.118. The second kappa shape index (κ2) is 16.9. The van der Waals surface area contributed by atoms with Gasteiger partial charge in [-0.1, -0.05) is 71.7 Å². The zero-order valence-corrected chi connectivity index (χ0v) is 24.0. The topological polar surface area (TPSA) is 63.6 Å². The Labute approximate surface area is 253 Å². The predicted octanol–water partition coefficient (Wildman–Crippen LogP) is 9.21. The molecule has 0 aromatic heterocycles. The number of hydrogen-bond acceptors (Lipinski definition) is 3. The Morgan fingerprint density at radius 2 is 1.17 bits per heavy atom. The number of aliphatic carboxylic acids is 1. The third kappa shape index (κ3) is 11.3. The summed E-state index contributed by atoms with van der Waals surface area (Å²) in [5.74, 6) is -1.74. The third-order valence-corrected chi connectivity index (χ3v) is 6.65. The summed E-state index contributed by atoms with van der Waals surface area (Å²) >= 11 is 11.7. The maximum Gasteiger partial charge on any atom is 0.328 e. The fourth-order valence-corrected chi connectivity index (χ4v) is 4.32. The van der Waals surface area contributed by atoms with Gasteiger partial charge in [-0.15, -0.1) is 0 Å². The number of hydrogen-bond donors (Lipinski definition) is 1. The molecule has 0 fully saturated rings. The van der Waals surface area contributed by atoms with E-state index in [0.717, 1.165) is 29.2 Å². The highest BCUT2D eigenvalue weighted by Gasteiger charge is 2.07. The van der Waals surface area contributed by atoms with E-state index >= 15 is 0 Å². The number of rotatable bonds is 11. The minimum atomic E-state index is -1.04. The van der Waals surface area contributed by atoms with Crippen LogP contribution >= 0.6 is 23.2 Å². The van der Waals surface area contributed by atoms with Crippen molar-refractivity contribution in [2.75, 3.05) is 0 Å². The van der Waals surface area contributed by atoms with Gasteiger partial charge < -0.3 is 9.84 Å². The Morgan fingerprint density at radius 3 is 1.60 bits per heavy atom. The van der Waals surface area contributed by atoms with Gasteiger partial charge >= 0.3 is 5.97 Å². The highest BCUT2D eigenvalue weighted by Crippen LogP contribution is 2.23. The Hall–Kier alpha value is -4.26. The number of ether oxygens (including phenoxy) is 1. The third-order valence-electron chi connectivity index (χ3n) is 6.15. The summed E-state index contributed by atoms with van der Waals surface area (Å²) in [6, 6.07) is 27.1. The quantitative estimate of drug-likeness (QED) is 0.105. The molecule has 4 rings (SSSR count). The maximum atomic E-state index is 13.3. The fourth-order valence-electron chi connectivity index (χ4n) is 4.07. The molecule has 0 atom stereocenters. The van der Waals surface area contributed by atoms with Crippen LogP contribution in [0, 0.1) is 11.6 Å². The summed E-state index contributed by atoms with van der Waals surface area (Å²) in [4.78, 5) is 21.3. The molecule has 4 aromatic carbocycles. The first-order chi connectivity index (χ1) is 20.2. The van der Waals surface area contributed by atoms with Crippen LogP contribution in [0.15, 0.2) is 109 Å². The van der Waals surface area contributed by atoms with E-state index < -0.39 is 5.97 Å². The van der Waals surface area contributed by atoms with E-state index in [9.17, 15) is 18.4 Å². The molecule has 4 nitrogen and oxygen atoms in total. The SMILES string of the molecule is O=C(O)/C=C(/CCc1ccc(Cl)cc1)c1cccc(F)c1.O=CO/C=C(\CCc1ccc(Cl)cc1)c1cccc(F)c1. The molecule has 0 amide bonds. The van der Waals surface area contributed by atoms with Gasteiger partial charge in [-0.3, -0.25) is 4.79 Å². The van der Waals surface area contributed by atoms with Gasteiger partial charge in [0.15, 0.2) is 0 Å². The van der Waals surface area contributed by atoms with Crippen LogP contribution in [-0.2, 0) is 27.2 Å². The molecule has 42 heavy (non-hydrogen) atoms. The Kier molecular flexibility index (Phi) is 13.0. The Bertz CT molecular complexity index is 1530. The molecule has 8 heteroatoms. The molecule has 0 spiro atoms. The predicted molar refractivity (Wildman–Crippen MR) is 163 cm³/mol. The second-order valence-corrected chi connectivity index (χ2v) is 10.0. The van der Waals surface area contributed by atoms with Crippen molar-refractivity contribution in [3.8, 4) is 0 Å². The van der Waals surface area contributed by atoms with Crippen LogP contribution in [0.3, 0.4) is 0 Å². The van der Waals surface area contributed by atoms with Crippen molar-refractivity contribution in [1.82, 2.24) is 0 Å². The molecule has 0 heterocycles. The lowest BCUT2D eigenvalue weighted by Crippen LogP contribution is -1.96. The van der Waals surface area contributed by atoms with Gasteiger partial charge in [0.1, 0.15) is 11.6 Å². The highest BCUT2D eigenvalue weighted by molar-refractivity contribution is 6.30. The molecule has 0 bridgehead atoms. The molecule has 0 saturated carbocycles. The number of halogens is 4. The van der Waals surface area contributed by atoms with Crippen molar-refractivity contribution in [2.45, 2.75) is 25.7 Å². The van der Waals surface area contributed by atoms with Crippen molar-refractivity contribution in [3.63, 3.8) is 0 Å². The average Bonchev–Trinajstić information content (AvgIpc) is 2.97. The van der Waals surface area contributed by atoms with Crippen LogP contribution in [0.2, 0.25) is 10.0 Å². The smallest absolute Gasteiger partial charge is 0.328 e. The van der Waals surface area contributed by atoms with Crippen molar-refractivity contribution in [2.24, 2.45) is 0 Å². The normalized spacial score (nSPS) is 11.3. The minimum Gasteiger partial charge on any atom is -0.478 e. The largest absolute Gasteiger partial charge is 0.478 e. The molecule has 4 aromatic rings. The zero-order chi connectivity index (χ0) is 30.3. The first kappa shape index (κ1) is 32.3. The van der Waals surface area contributed by atoms with Gasteiger partial charge in [-0.05, 0) is 108 Å². The molecule has 0 unspecified atom stereocenters. The summed E-state index contributed by atoms with van der Waals surface area (Å²) in [5.41, 5.74) is 4.80. The van der Waals surface area contributed by atoms with Gasteiger partial charge in [-0.2, -0.15) is 0 Å². The van der Waals surface area contributed by atoms with Crippen LogP contribution in [0.1, 0.15) is 35.1 Å². The maximum absolute atomic E-state index is 13.3. The van der Waals surface area contributed by atoms with E-state index in [1.165, 1.54) is 30.5 Å². The molecular weight excluding hydrogens is 581 g/mol. The van der Waals surface area contributed by atoms with E-state index in [-0.39, 0.29) is 11.6 Å². The molecule has 216 valence electrons. The van der Waals surface area contributed by atoms with E-state index in [0.29, 0.717) is 52.5 Å². The van der Waals surface area contributed by atoms with Crippen LogP contribution in [-0.4, -0.2) is 17.5 Å². The average molecular weight is 609 g/mol. The van der Waals surface area contributed by atoms with Crippen LogP contribution in [0.5, 0.6) is 0 Å². The van der Waals surface area contributed by atoms with Gasteiger partial charge in [0.25, 0.3) is 6.47 Å². The summed E-state index contributed by atoms with van der Waals surface area (Å²) < 4.78 is 31.3. The summed E-state index contributed by atoms with van der Waals surface area (Å²) in [6.45, 7) is 0.349. The second-order valence-electron chi connectivity index (χ2n) is 9.16. The van der Waals surface area contributed by atoms with Crippen molar-refractivity contribution in [1.29, 1.82) is 0 Å². The minimum absolute atomic E-state index is 0.323. The Morgan fingerprint density at radius 1 is 0.714 bits per heavy atom. The van der Waals surface area contributed by atoms with Crippen molar-refractivity contribution >= 4 is 46.8 Å². The van der Waals surface area contributed by atoms with Crippen molar-refractivity contribution < 1.29 is 28.2 Å². The number of aryl methyl sites for hydroxylation is 2. The standard InChI is InChI=1S/2C17H14ClFO2/c18-16-8-5-13(6-9-16)4-7-15(11-21-12-20)14-2-1-3-17(19)10-14;18-15-8-5-12(6-9-15)4-7-14(11-17(20)21)13-2-1-3-16(19)10-13/h1-3,5-6,8-12H,4,7H2;1-3,5-6,8-11H,4,7H2,(H,20,21)/b15-11+;14-11-. The summed E-state index contributed by atoms with van der Waals surface area (Å²) in [5, 5.41) is 10.3. The van der Waals surface area contributed by atoms with Gasteiger partial charge in [0.05, 0.1) is 6.26 Å². The lowest BCUT2D eigenvalue weighted by atomic mass is 9.98. The molecule has 0 aliphatic carbocycles. The first-order valence-corrected chi connectivity index (χ1v) is 13.7. The Balaban J connectivity index is 0.000000230. The van der Waals surface area contributed by atoms with Crippen LogP contribution < -0.4 is 0 Å². The lowest BCUT2D eigenvalue weighted by molar-refractivity contribution is -0.131.